The maximum absolute atomic E-state index is 5.47. The van der Waals surface area contributed by atoms with Crippen molar-refractivity contribution in [2.75, 3.05) is 21.3 Å². The van der Waals surface area contributed by atoms with Crippen molar-refractivity contribution in [2.45, 2.75) is 25.3 Å². The normalized spacial score (nSPS) is 19.5. The molecule has 0 N–H and O–H groups in total. The van der Waals surface area contributed by atoms with Crippen LogP contribution in [0.4, 0.5) is 0 Å². The smallest absolute Gasteiger partial charge is 0.174 e. The number of hydrogen-bond donors (Lipinski definition) is 0. The maximum atomic E-state index is 5.47. The third kappa shape index (κ3) is 4.50. The highest BCUT2D eigenvalue weighted by atomic mass is 32.2. The number of aliphatic imine (C=N–C) groups is 1. The lowest BCUT2D eigenvalue weighted by Crippen LogP contribution is -2.34. The molecule has 0 fully saturated rings. The van der Waals surface area contributed by atoms with Gasteiger partial charge in [0.05, 0.1) is 38.8 Å². The van der Waals surface area contributed by atoms with Gasteiger partial charge in [-0.1, -0.05) is 36.0 Å². The molecule has 3 aromatic carbocycles. The van der Waals surface area contributed by atoms with E-state index in [0.29, 0.717) is 0 Å². The number of rotatable bonds is 6. The fourth-order valence-corrected chi connectivity index (χ4v) is 6.30. The summed E-state index contributed by atoms with van der Waals surface area (Å²) in [5, 5.41) is 3.24. The predicted molar refractivity (Wildman–Crippen MR) is 155 cm³/mol. The van der Waals surface area contributed by atoms with Gasteiger partial charge >= 0.3 is 0 Å². The fraction of sp³-hybridized carbons (Fsp3) is 0.219. The summed E-state index contributed by atoms with van der Waals surface area (Å²) in [5.41, 5.74) is 8.50. The van der Waals surface area contributed by atoms with Gasteiger partial charge < -0.3 is 19.1 Å². The topological polar surface area (TPSA) is 43.3 Å². The van der Waals surface area contributed by atoms with Crippen molar-refractivity contribution in [3.05, 3.63) is 112 Å². The highest BCUT2D eigenvalue weighted by Crippen LogP contribution is 2.51. The second-order valence-corrected chi connectivity index (χ2v) is 10.3. The summed E-state index contributed by atoms with van der Waals surface area (Å²) >= 11 is 1.69. The lowest BCUT2D eigenvalue weighted by Gasteiger charge is -2.40. The number of ether oxygens (including phenoxy) is 3. The van der Waals surface area contributed by atoms with Crippen LogP contribution < -0.4 is 14.2 Å². The van der Waals surface area contributed by atoms with E-state index in [-0.39, 0.29) is 6.04 Å². The molecule has 1 aliphatic carbocycles. The number of fused-ring (bicyclic) bond motifs is 1. The van der Waals surface area contributed by atoms with E-state index < -0.39 is 0 Å². The van der Waals surface area contributed by atoms with Crippen LogP contribution in [-0.4, -0.2) is 31.4 Å². The molecule has 3 aliphatic rings. The Labute approximate surface area is 228 Å². The van der Waals surface area contributed by atoms with Crippen LogP contribution in [-0.2, 0) is 0 Å². The average Bonchev–Trinajstić information content (AvgIpc) is 3.40. The van der Waals surface area contributed by atoms with Gasteiger partial charge in [-0.2, -0.15) is 0 Å². The van der Waals surface area contributed by atoms with Crippen molar-refractivity contribution in [3.63, 3.8) is 0 Å². The molecule has 5 nitrogen and oxygen atoms in total. The first-order chi connectivity index (χ1) is 18.7. The number of amidine groups is 1. The zero-order valence-electron chi connectivity index (χ0n) is 21.8. The third-order valence-electron chi connectivity index (χ3n) is 7.31. The van der Waals surface area contributed by atoms with E-state index in [4.69, 9.17) is 19.2 Å². The molecule has 6 rings (SSSR count). The van der Waals surface area contributed by atoms with Crippen LogP contribution in [0.15, 0.2) is 100 Å². The highest BCUT2D eigenvalue weighted by Gasteiger charge is 2.40. The van der Waals surface area contributed by atoms with E-state index in [9.17, 15) is 0 Å². The number of benzene rings is 3. The minimum atomic E-state index is 0.0614. The molecule has 3 aromatic rings. The first kappa shape index (κ1) is 24.4. The third-order valence-corrected chi connectivity index (χ3v) is 8.15. The first-order valence-electron chi connectivity index (χ1n) is 12.8. The summed E-state index contributed by atoms with van der Waals surface area (Å²) < 4.78 is 16.2. The Kier molecular flexibility index (Phi) is 6.73. The molecule has 2 aliphatic heterocycles. The standard InChI is InChI=1S/C32H30N2O3S/c1-35-25-13-7-21(8-14-25)19-24-5-4-6-28-30(24)33-32-34(31(28)23-11-17-27(37-3)18-12-23)29(20-38-32)22-9-15-26(36-2)16-10-22/h7-20,31H,4-6H2,1-3H3/b24-19+/t31-/m0/s1. The molecule has 0 bridgehead atoms. The minimum absolute atomic E-state index is 0.0614. The molecule has 2 heterocycles. The zero-order chi connectivity index (χ0) is 26.1. The van der Waals surface area contributed by atoms with Gasteiger partial charge in [-0.3, -0.25) is 0 Å². The van der Waals surface area contributed by atoms with Gasteiger partial charge in [0, 0.05) is 5.41 Å². The number of methoxy groups -OCH3 is 3. The van der Waals surface area contributed by atoms with E-state index in [1.807, 2.05) is 24.3 Å². The van der Waals surface area contributed by atoms with Gasteiger partial charge in [0.15, 0.2) is 5.17 Å². The summed E-state index contributed by atoms with van der Waals surface area (Å²) in [4.78, 5) is 7.69. The van der Waals surface area contributed by atoms with E-state index in [0.717, 1.165) is 64.2 Å². The Bertz CT molecular complexity index is 1450. The van der Waals surface area contributed by atoms with Gasteiger partial charge in [0.2, 0.25) is 0 Å². The average molecular weight is 523 g/mol. The molecular formula is C32H30N2O3S. The number of hydrogen-bond acceptors (Lipinski definition) is 6. The lowest BCUT2D eigenvalue weighted by molar-refractivity contribution is 0.413. The second-order valence-electron chi connectivity index (χ2n) is 9.46. The molecule has 0 radical (unpaired) electrons. The minimum Gasteiger partial charge on any atom is -0.497 e. The van der Waals surface area contributed by atoms with Crippen LogP contribution in [0.25, 0.3) is 11.8 Å². The lowest BCUT2D eigenvalue weighted by atomic mass is 9.82. The number of allylic oxidation sites excluding steroid dienone is 1. The van der Waals surface area contributed by atoms with Crippen molar-refractivity contribution in [1.29, 1.82) is 0 Å². The molecule has 192 valence electrons. The molecule has 38 heavy (non-hydrogen) atoms. The predicted octanol–water partition coefficient (Wildman–Crippen LogP) is 7.69. The molecule has 0 saturated carbocycles. The Morgan fingerprint density at radius 3 is 2.03 bits per heavy atom. The Hall–Kier alpha value is -3.90. The van der Waals surface area contributed by atoms with Crippen molar-refractivity contribution < 1.29 is 14.2 Å². The van der Waals surface area contributed by atoms with Crippen molar-refractivity contribution in [1.82, 2.24) is 4.90 Å². The highest BCUT2D eigenvalue weighted by molar-refractivity contribution is 8.16. The summed E-state index contributed by atoms with van der Waals surface area (Å²) in [6.45, 7) is 0. The Morgan fingerprint density at radius 1 is 0.789 bits per heavy atom. The molecule has 0 amide bonds. The van der Waals surface area contributed by atoms with Crippen LogP contribution in [0.3, 0.4) is 0 Å². The second kappa shape index (κ2) is 10.5. The summed E-state index contributed by atoms with van der Waals surface area (Å²) in [5.74, 6) is 2.58. The van der Waals surface area contributed by atoms with Gasteiger partial charge in [0.25, 0.3) is 0 Å². The van der Waals surface area contributed by atoms with E-state index >= 15 is 0 Å². The largest absolute Gasteiger partial charge is 0.497 e. The maximum Gasteiger partial charge on any atom is 0.174 e. The molecular weight excluding hydrogens is 492 g/mol. The van der Waals surface area contributed by atoms with Crippen molar-refractivity contribution in [3.8, 4) is 17.2 Å². The molecule has 0 spiro atoms. The van der Waals surface area contributed by atoms with Gasteiger partial charge in [-0.25, -0.2) is 4.99 Å². The summed E-state index contributed by atoms with van der Waals surface area (Å²) in [6, 6.07) is 25.1. The van der Waals surface area contributed by atoms with Crippen LogP contribution in [0.2, 0.25) is 0 Å². The molecule has 0 unspecified atom stereocenters. The first-order valence-corrected chi connectivity index (χ1v) is 13.7. The summed E-state index contributed by atoms with van der Waals surface area (Å²) in [6.07, 6.45) is 5.41. The van der Waals surface area contributed by atoms with Gasteiger partial charge in [0.1, 0.15) is 17.2 Å². The molecule has 1 atom stereocenters. The Morgan fingerprint density at radius 2 is 1.39 bits per heavy atom. The summed E-state index contributed by atoms with van der Waals surface area (Å²) in [7, 11) is 5.10. The Balaban J connectivity index is 1.45. The van der Waals surface area contributed by atoms with E-state index in [1.165, 1.54) is 16.7 Å². The van der Waals surface area contributed by atoms with Crippen molar-refractivity contribution in [2.24, 2.45) is 4.99 Å². The van der Waals surface area contributed by atoms with Gasteiger partial charge in [-0.15, -0.1) is 0 Å². The fourth-order valence-electron chi connectivity index (χ4n) is 5.38. The number of nitrogens with zero attached hydrogens (tertiary/aromatic N) is 2. The molecule has 0 aromatic heterocycles. The van der Waals surface area contributed by atoms with Crippen LogP contribution >= 0.6 is 11.8 Å². The van der Waals surface area contributed by atoms with Crippen LogP contribution in [0.5, 0.6) is 17.2 Å². The van der Waals surface area contributed by atoms with E-state index in [2.05, 4.69) is 64.9 Å². The molecule has 6 heteroatoms. The SMILES string of the molecule is COc1ccc(/C=C2\CCCC3=C2N=C2SC=C(c4ccc(OC)cc4)N2[C@H]3c2ccc(OC)cc2)cc1. The quantitative estimate of drug-likeness (QED) is 0.332. The van der Waals surface area contributed by atoms with E-state index in [1.54, 1.807) is 33.1 Å². The van der Waals surface area contributed by atoms with Crippen LogP contribution in [0.1, 0.15) is 42.0 Å². The van der Waals surface area contributed by atoms with Crippen LogP contribution in [0, 0.1) is 0 Å². The van der Waals surface area contributed by atoms with Crippen molar-refractivity contribution >= 4 is 28.7 Å². The molecule has 0 saturated heterocycles. The zero-order valence-corrected chi connectivity index (χ0v) is 22.6. The monoisotopic (exact) mass is 522 g/mol. The number of thioether (sulfide) groups is 1. The van der Waals surface area contributed by atoms with Gasteiger partial charge in [-0.05, 0) is 102 Å².